The van der Waals surface area contributed by atoms with Crippen LogP contribution in [0.3, 0.4) is 0 Å². The molecule has 106 valence electrons. The molecule has 0 saturated carbocycles. The SMILES string of the molecule is Cc1cc(Cl)ccc1OC(C)C(=O)NCC(F)(F)F. The Morgan fingerprint density at radius 3 is 2.63 bits per heavy atom. The lowest BCUT2D eigenvalue weighted by molar-refractivity contribution is -0.142. The molecule has 0 radical (unpaired) electrons. The van der Waals surface area contributed by atoms with Crippen molar-refractivity contribution in [3.8, 4) is 5.75 Å². The van der Waals surface area contributed by atoms with E-state index >= 15 is 0 Å². The lowest BCUT2D eigenvalue weighted by atomic mass is 10.2. The molecule has 0 saturated heterocycles. The third-order valence-corrected chi connectivity index (χ3v) is 2.51. The minimum atomic E-state index is -4.44. The predicted molar refractivity (Wildman–Crippen MR) is 65.3 cm³/mol. The number of nitrogens with one attached hydrogen (secondary N) is 1. The number of rotatable bonds is 4. The Kier molecular flexibility index (Phi) is 5.05. The second-order valence-electron chi connectivity index (χ2n) is 4.00. The smallest absolute Gasteiger partial charge is 0.405 e. The van der Waals surface area contributed by atoms with E-state index in [1.165, 1.54) is 6.92 Å². The lowest BCUT2D eigenvalue weighted by Gasteiger charge is -2.17. The molecule has 1 amide bonds. The number of aryl methyl sites for hydroxylation is 1. The van der Waals surface area contributed by atoms with Crippen LogP contribution >= 0.6 is 11.6 Å². The van der Waals surface area contributed by atoms with Crippen LogP contribution in [-0.4, -0.2) is 24.7 Å². The number of hydrogen-bond donors (Lipinski definition) is 1. The first kappa shape index (κ1) is 15.6. The van der Waals surface area contributed by atoms with Gasteiger partial charge in [0.25, 0.3) is 5.91 Å². The Bertz CT molecular complexity index is 463. The van der Waals surface area contributed by atoms with Gasteiger partial charge in [0.15, 0.2) is 6.10 Å². The molecule has 0 fully saturated rings. The maximum absolute atomic E-state index is 11.9. The topological polar surface area (TPSA) is 38.3 Å². The highest BCUT2D eigenvalue weighted by molar-refractivity contribution is 6.30. The van der Waals surface area contributed by atoms with Crippen LogP contribution in [0.1, 0.15) is 12.5 Å². The van der Waals surface area contributed by atoms with Gasteiger partial charge in [-0.2, -0.15) is 13.2 Å². The first-order valence-corrected chi connectivity index (χ1v) is 5.84. The zero-order chi connectivity index (χ0) is 14.6. The van der Waals surface area contributed by atoms with E-state index in [1.54, 1.807) is 30.4 Å². The van der Waals surface area contributed by atoms with Gasteiger partial charge in [0.2, 0.25) is 0 Å². The molecule has 1 atom stereocenters. The minimum absolute atomic E-state index is 0.402. The third-order valence-electron chi connectivity index (χ3n) is 2.27. The van der Waals surface area contributed by atoms with Gasteiger partial charge >= 0.3 is 6.18 Å². The molecule has 19 heavy (non-hydrogen) atoms. The Balaban J connectivity index is 2.59. The molecule has 1 N–H and O–H groups in total. The highest BCUT2D eigenvalue weighted by Gasteiger charge is 2.29. The van der Waals surface area contributed by atoms with Gasteiger partial charge in [-0.25, -0.2) is 0 Å². The number of carbonyl (C=O) groups is 1. The van der Waals surface area contributed by atoms with Crippen molar-refractivity contribution in [3.05, 3.63) is 28.8 Å². The van der Waals surface area contributed by atoms with Crippen molar-refractivity contribution in [2.24, 2.45) is 0 Å². The number of alkyl halides is 3. The fourth-order valence-electron chi connectivity index (χ4n) is 1.32. The summed E-state index contributed by atoms with van der Waals surface area (Å²) in [5.74, 6) is -0.425. The van der Waals surface area contributed by atoms with Gasteiger partial charge in [0, 0.05) is 5.02 Å². The van der Waals surface area contributed by atoms with Crippen molar-refractivity contribution in [2.45, 2.75) is 26.1 Å². The number of hydrogen-bond acceptors (Lipinski definition) is 2. The molecule has 1 aromatic carbocycles. The molecule has 1 unspecified atom stereocenters. The zero-order valence-corrected chi connectivity index (χ0v) is 11.1. The molecule has 0 aliphatic heterocycles. The first-order valence-electron chi connectivity index (χ1n) is 5.46. The van der Waals surface area contributed by atoms with Crippen molar-refractivity contribution in [1.29, 1.82) is 0 Å². The van der Waals surface area contributed by atoms with Gasteiger partial charge < -0.3 is 10.1 Å². The summed E-state index contributed by atoms with van der Waals surface area (Å²) in [6.45, 7) is 1.72. The number of benzene rings is 1. The molecule has 3 nitrogen and oxygen atoms in total. The first-order chi connectivity index (χ1) is 8.69. The number of carbonyl (C=O) groups excluding carboxylic acids is 1. The standard InChI is InChI=1S/C12H13ClF3NO2/c1-7-5-9(13)3-4-10(7)19-8(2)11(18)17-6-12(14,15)16/h3-5,8H,6H2,1-2H3,(H,17,18). The summed E-state index contributed by atoms with van der Waals surface area (Å²) in [6, 6.07) is 4.77. The van der Waals surface area contributed by atoms with Crippen LogP contribution in [0.15, 0.2) is 18.2 Å². The summed E-state index contributed by atoms with van der Waals surface area (Å²) in [5, 5.41) is 2.27. The maximum atomic E-state index is 11.9. The fourth-order valence-corrected chi connectivity index (χ4v) is 1.55. The van der Waals surface area contributed by atoms with Crippen molar-refractivity contribution in [1.82, 2.24) is 5.32 Å². The van der Waals surface area contributed by atoms with Crippen LogP contribution in [0.5, 0.6) is 5.75 Å². The Labute approximate surface area is 113 Å². The summed E-state index contributed by atoms with van der Waals surface area (Å²) in [6.07, 6.45) is -5.46. The van der Waals surface area contributed by atoms with Crippen molar-refractivity contribution in [3.63, 3.8) is 0 Å². The molecule has 7 heteroatoms. The van der Waals surface area contributed by atoms with Crippen LogP contribution in [0.25, 0.3) is 0 Å². The molecule has 0 aliphatic rings. The molecule has 1 aromatic rings. The molecule has 1 rings (SSSR count). The zero-order valence-electron chi connectivity index (χ0n) is 10.3. The van der Waals surface area contributed by atoms with Crippen LogP contribution in [0.2, 0.25) is 5.02 Å². The highest BCUT2D eigenvalue weighted by atomic mass is 35.5. The minimum Gasteiger partial charge on any atom is -0.481 e. The van der Waals surface area contributed by atoms with Crippen LogP contribution < -0.4 is 10.1 Å². The molecule has 0 aromatic heterocycles. The molecule has 0 spiro atoms. The second kappa shape index (κ2) is 6.14. The monoisotopic (exact) mass is 295 g/mol. The van der Waals surface area contributed by atoms with Crippen molar-refractivity contribution >= 4 is 17.5 Å². The van der Waals surface area contributed by atoms with Crippen LogP contribution in [-0.2, 0) is 4.79 Å². The maximum Gasteiger partial charge on any atom is 0.405 e. The molecular weight excluding hydrogens is 283 g/mol. The summed E-state index contributed by atoms with van der Waals surface area (Å²) in [7, 11) is 0. The lowest BCUT2D eigenvalue weighted by Crippen LogP contribution is -2.41. The van der Waals surface area contributed by atoms with E-state index in [0.717, 1.165) is 0 Å². The molecule has 0 bridgehead atoms. The van der Waals surface area contributed by atoms with Gasteiger partial charge in [0.05, 0.1) is 0 Å². The summed E-state index contributed by atoms with van der Waals surface area (Å²) < 4.78 is 41.1. The quantitative estimate of drug-likeness (QED) is 0.927. The van der Waals surface area contributed by atoms with Crippen LogP contribution in [0, 0.1) is 6.92 Å². The average molecular weight is 296 g/mol. The number of halogens is 4. The van der Waals surface area contributed by atoms with Gasteiger partial charge in [-0.3, -0.25) is 4.79 Å². The fraction of sp³-hybridized carbons (Fsp3) is 0.417. The normalized spacial score (nSPS) is 12.9. The Morgan fingerprint density at radius 2 is 2.11 bits per heavy atom. The van der Waals surface area contributed by atoms with Gasteiger partial charge in [-0.05, 0) is 37.6 Å². The van der Waals surface area contributed by atoms with Crippen molar-refractivity contribution < 1.29 is 22.7 Å². The van der Waals surface area contributed by atoms with Crippen molar-refractivity contribution in [2.75, 3.05) is 6.54 Å². The van der Waals surface area contributed by atoms with E-state index in [-0.39, 0.29) is 0 Å². The third kappa shape index (κ3) is 5.38. The molecular formula is C12H13ClF3NO2. The van der Waals surface area contributed by atoms with E-state index in [1.807, 2.05) is 0 Å². The largest absolute Gasteiger partial charge is 0.481 e. The van der Waals surface area contributed by atoms with E-state index < -0.39 is 24.7 Å². The van der Waals surface area contributed by atoms with E-state index in [4.69, 9.17) is 16.3 Å². The summed E-state index contributed by atoms with van der Waals surface area (Å²) in [5.41, 5.74) is 0.697. The summed E-state index contributed by atoms with van der Waals surface area (Å²) in [4.78, 5) is 11.4. The van der Waals surface area contributed by atoms with Gasteiger partial charge in [-0.1, -0.05) is 11.6 Å². The number of amides is 1. The average Bonchev–Trinajstić information content (AvgIpc) is 2.28. The Hall–Kier alpha value is -1.43. The second-order valence-corrected chi connectivity index (χ2v) is 4.44. The molecule has 0 heterocycles. The predicted octanol–water partition coefficient (Wildman–Crippen LogP) is 3.09. The van der Waals surface area contributed by atoms with Gasteiger partial charge in [-0.15, -0.1) is 0 Å². The van der Waals surface area contributed by atoms with E-state index in [0.29, 0.717) is 16.3 Å². The number of ether oxygens (including phenoxy) is 1. The molecule has 0 aliphatic carbocycles. The summed E-state index contributed by atoms with van der Waals surface area (Å²) >= 11 is 5.76. The Morgan fingerprint density at radius 1 is 1.47 bits per heavy atom. The van der Waals surface area contributed by atoms with E-state index in [9.17, 15) is 18.0 Å². The van der Waals surface area contributed by atoms with E-state index in [2.05, 4.69) is 0 Å². The highest BCUT2D eigenvalue weighted by Crippen LogP contribution is 2.22. The van der Waals surface area contributed by atoms with Gasteiger partial charge in [0.1, 0.15) is 12.3 Å². The van der Waals surface area contributed by atoms with Crippen LogP contribution in [0.4, 0.5) is 13.2 Å².